The zero-order valence-electron chi connectivity index (χ0n) is 16.0. The van der Waals surface area contributed by atoms with Crippen molar-refractivity contribution in [3.05, 3.63) is 23.8 Å². The Morgan fingerprint density at radius 3 is 2.83 bits per heavy atom. The van der Waals surface area contributed by atoms with Crippen LogP contribution >= 0.6 is 11.8 Å². The van der Waals surface area contributed by atoms with E-state index in [-0.39, 0.29) is 40.9 Å². The van der Waals surface area contributed by atoms with Gasteiger partial charge in [0.15, 0.2) is 11.0 Å². The van der Waals surface area contributed by atoms with Crippen LogP contribution in [-0.2, 0) is 9.53 Å². The number of ether oxygens (including phenoxy) is 1. The Labute approximate surface area is 170 Å². The number of nitrogens with one attached hydrogen (secondary N) is 1. The van der Waals surface area contributed by atoms with Gasteiger partial charge in [0.1, 0.15) is 17.9 Å². The maximum Gasteiger partial charge on any atom is 0.410 e. The molecule has 4 rings (SSSR count). The van der Waals surface area contributed by atoms with Gasteiger partial charge in [0.25, 0.3) is 0 Å². The number of nitrogens with zero attached hydrogens (tertiary/aromatic N) is 3. The average Bonchev–Trinajstić information content (AvgIpc) is 3.29. The third kappa shape index (κ3) is 4.03. The van der Waals surface area contributed by atoms with Gasteiger partial charge in [-0.05, 0) is 25.3 Å². The molecule has 1 N–H and O–H groups in total. The van der Waals surface area contributed by atoms with Gasteiger partial charge in [0.2, 0.25) is 5.91 Å². The number of H-pyrrole nitrogens is 1. The highest BCUT2D eigenvalue weighted by atomic mass is 32.2. The molecule has 1 aromatic heterocycles. The summed E-state index contributed by atoms with van der Waals surface area (Å²) in [7, 11) is 0. The highest BCUT2D eigenvalue weighted by Crippen LogP contribution is 2.27. The Morgan fingerprint density at radius 1 is 1.34 bits per heavy atom. The summed E-state index contributed by atoms with van der Waals surface area (Å²) < 4.78 is 32.2. The van der Waals surface area contributed by atoms with Crippen LogP contribution in [0.15, 0.2) is 17.3 Å². The Bertz CT molecular complexity index is 930. The second-order valence-corrected chi connectivity index (χ2v) is 8.24. The van der Waals surface area contributed by atoms with Crippen LogP contribution in [0.2, 0.25) is 0 Å². The third-order valence-electron chi connectivity index (χ3n) is 5.50. The van der Waals surface area contributed by atoms with E-state index in [0.29, 0.717) is 24.9 Å². The number of cyclic esters (lactones) is 1. The number of aromatic nitrogens is 2. The lowest BCUT2D eigenvalue weighted by Gasteiger charge is -2.37. The van der Waals surface area contributed by atoms with Crippen molar-refractivity contribution in [3.63, 3.8) is 0 Å². The first-order valence-electron chi connectivity index (χ1n) is 9.66. The monoisotopic (exact) mass is 424 g/mol. The van der Waals surface area contributed by atoms with E-state index in [2.05, 4.69) is 9.97 Å². The van der Waals surface area contributed by atoms with Crippen LogP contribution in [-0.4, -0.2) is 69.3 Å². The smallest absolute Gasteiger partial charge is 0.410 e. The van der Waals surface area contributed by atoms with E-state index in [0.717, 1.165) is 37.1 Å². The lowest BCUT2D eigenvalue weighted by Crippen LogP contribution is -2.50. The summed E-state index contributed by atoms with van der Waals surface area (Å²) in [4.78, 5) is 35.1. The molecule has 2 fully saturated rings. The molecular weight excluding hydrogens is 402 g/mol. The van der Waals surface area contributed by atoms with E-state index < -0.39 is 11.6 Å². The van der Waals surface area contributed by atoms with Gasteiger partial charge < -0.3 is 14.6 Å². The molecule has 1 aromatic carbocycles. The van der Waals surface area contributed by atoms with Crippen molar-refractivity contribution < 1.29 is 23.1 Å². The number of aromatic amines is 1. The number of rotatable bonds is 5. The van der Waals surface area contributed by atoms with Gasteiger partial charge in [-0.2, -0.15) is 0 Å². The van der Waals surface area contributed by atoms with Crippen molar-refractivity contribution in [1.29, 1.82) is 0 Å². The van der Waals surface area contributed by atoms with Crippen LogP contribution in [0.4, 0.5) is 13.6 Å². The van der Waals surface area contributed by atoms with E-state index in [1.807, 2.05) is 11.8 Å². The van der Waals surface area contributed by atoms with Crippen LogP contribution in [0.1, 0.15) is 26.2 Å². The molecule has 29 heavy (non-hydrogen) atoms. The van der Waals surface area contributed by atoms with Crippen molar-refractivity contribution in [3.8, 4) is 0 Å². The molecule has 0 aliphatic carbocycles. The van der Waals surface area contributed by atoms with E-state index in [1.165, 1.54) is 6.07 Å². The molecule has 1 atom stereocenters. The Hall–Kier alpha value is -2.36. The van der Waals surface area contributed by atoms with Gasteiger partial charge in [-0.25, -0.2) is 18.6 Å². The summed E-state index contributed by atoms with van der Waals surface area (Å²) in [5.74, 6) is -1.31. The average molecular weight is 424 g/mol. The van der Waals surface area contributed by atoms with Crippen molar-refractivity contribution >= 4 is 34.8 Å². The molecule has 2 aliphatic rings. The zero-order chi connectivity index (χ0) is 20.5. The molecule has 2 aliphatic heterocycles. The number of likely N-dealkylation sites (tertiary alicyclic amines) is 1. The number of carbonyl (C=O) groups is 2. The summed E-state index contributed by atoms with van der Waals surface area (Å²) in [6, 6.07) is 2.17. The van der Waals surface area contributed by atoms with E-state index in [9.17, 15) is 18.4 Å². The van der Waals surface area contributed by atoms with Crippen LogP contribution in [0, 0.1) is 11.6 Å². The summed E-state index contributed by atoms with van der Waals surface area (Å²) in [6.07, 6.45) is 2.03. The maximum absolute atomic E-state index is 13.8. The van der Waals surface area contributed by atoms with E-state index in [4.69, 9.17) is 4.74 Å². The molecule has 3 heterocycles. The first-order chi connectivity index (χ1) is 14.0. The molecule has 2 aromatic rings. The molecule has 0 bridgehead atoms. The van der Waals surface area contributed by atoms with Gasteiger partial charge in [-0.15, -0.1) is 0 Å². The minimum Gasteiger partial charge on any atom is -0.447 e. The normalized spacial score (nSPS) is 20.5. The van der Waals surface area contributed by atoms with E-state index >= 15 is 0 Å². The molecule has 1 unspecified atom stereocenters. The van der Waals surface area contributed by atoms with E-state index in [1.54, 1.807) is 4.90 Å². The molecule has 0 saturated carbocycles. The van der Waals surface area contributed by atoms with Crippen molar-refractivity contribution in [2.24, 2.45) is 0 Å². The summed E-state index contributed by atoms with van der Waals surface area (Å²) in [6.45, 7) is 3.62. The van der Waals surface area contributed by atoms with Crippen LogP contribution in [0.3, 0.4) is 0 Å². The van der Waals surface area contributed by atoms with Gasteiger partial charge in [-0.3, -0.25) is 9.69 Å². The Balaban J connectivity index is 1.31. The van der Waals surface area contributed by atoms with Gasteiger partial charge in [-0.1, -0.05) is 18.7 Å². The van der Waals surface area contributed by atoms with Crippen LogP contribution in [0.25, 0.3) is 11.0 Å². The van der Waals surface area contributed by atoms with Gasteiger partial charge in [0, 0.05) is 25.2 Å². The second kappa shape index (κ2) is 8.17. The predicted octanol–water partition coefficient (Wildman–Crippen LogP) is 3.16. The minimum absolute atomic E-state index is 0.0448. The molecule has 156 valence electrons. The lowest BCUT2D eigenvalue weighted by molar-refractivity contribution is -0.129. The number of hydrogen-bond donors (Lipinski definition) is 1. The number of piperidine rings is 1. The summed E-state index contributed by atoms with van der Waals surface area (Å²) in [5.41, 5.74) is 0.325. The largest absolute Gasteiger partial charge is 0.447 e. The lowest BCUT2D eigenvalue weighted by atomic mass is 10.0. The summed E-state index contributed by atoms with van der Waals surface area (Å²) >= 11 is 1.16. The number of fused-ring (bicyclic) bond motifs is 1. The van der Waals surface area contributed by atoms with Crippen molar-refractivity contribution in [2.75, 3.05) is 25.4 Å². The first-order valence-corrected chi connectivity index (χ1v) is 10.6. The highest BCUT2D eigenvalue weighted by Gasteiger charge is 2.38. The fourth-order valence-electron chi connectivity index (χ4n) is 3.94. The first kappa shape index (κ1) is 19.9. The number of thioether (sulfide) groups is 1. The zero-order valence-corrected chi connectivity index (χ0v) is 16.8. The van der Waals surface area contributed by atoms with Crippen molar-refractivity contribution in [2.45, 2.75) is 43.4 Å². The molecular formula is C19H22F2N4O3S. The number of imidazole rings is 1. The number of hydrogen-bond acceptors (Lipinski definition) is 5. The molecule has 2 amide bonds. The standard InChI is InChI=1S/C19H22F2N4O3S/c1-2-12-9-28-19(27)25(12)13-3-5-24(6-4-13)16(26)10-29-18-22-15-8-11(20)7-14(21)17(15)23-18/h7-8,12-13H,2-6,9-10H2,1H3,(H,22,23). The highest BCUT2D eigenvalue weighted by molar-refractivity contribution is 7.99. The van der Waals surface area contributed by atoms with Gasteiger partial charge in [0.05, 0.1) is 17.3 Å². The SMILES string of the molecule is CCC1COC(=O)N1C1CCN(C(=O)CSc2nc3c(F)cc(F)cc3[nH]2)CC1. The number of halogens is 2. The number of amides is 2. The predicted molar refractivity (Wildman–Crippen MR) is 104 cm³/mol. The van der Waals surface area contributed by atoms with Crippen molar-refractivity contribution in [1.82, 2.24) is 19.8 Å². The molecule has 0 radical (unpaired) electrons. The number of benzene rings is 1. The quantitative estimate of drug-likeness (QED) is 0.746. The minimum atomic E-state index is -0.734. The molecule has 0 spiro atoms. The molecule has 7 nitrogen and oxygen atoms in total. The molecule has 2 saturated heterocycles. The van der Waals surface area contributed by atoms with Crippen LogP contribution < -0.4 is 0 Å². The second-order valence-electron chi connectivity index (χ2n) is 7.27. The number of carbonyl (C=O) groups excluding carboxylic acids is 2. The van der Waals surface area contributed by atoms with Gasteiger partial charge >= 0.3 is 6.09 Å². The molecule has 10 heteroatoms. The third-order valence-corrected chi connectivity index (χ3v) is 6.36. The summed E-state index contributed by atoms with van der Waals surface area (Å²) in [5, 5.41) is 0.373. The Kier molecular flexibility index (Phi) is 5.62. The fourth-order valence-corrected chi connectivity index (χ4v) is 4.72. The topological polar surface area (TPSA) is 78.5 Å². The fraction of sp³-hybridized carbons (Fsp3) is 0.526. The maximum atomic E-state index is 13.8. The Morgan fingerprint density at radius 2 is 2.10 bits per heavy atom. The van der Waals surface area contributed by atoms with Crippen LogP contribution in [0.5, 0.6) is 0 Å².